The van der Waals surface area contributed by atoms with Crippen LogP contribution >= 0.6 is 0 Å². The van der Waals surface area contributed by atoms with E-state index in [1.807, 2.05) is 0 Å². The average molecular weight is 293 g/mol. The zero-order chi connectivity index (χ0) is 14.7. The van der Waals surface area contributed by atoms with Crippen LogP contribution in [0, 0.1) is 0 Å². The quantitative estimate of drug-likeness (QED) is 0.840. The first-order chi connectivity index (χ1) is 9.19. The molecule has 3 nitrogen and oxygen atoms in total. The Morgan fingerprint density at radius 3 is 2.35 bits per heavy atom. The molecule has 4 heteroatoms. The van der Waals surface area contributed by atoms with E-state index in [4.69, 9.17) is 0 Å². The predicted molar refractivity (Wildman–Crippen MR) is 83.0 cm³/mol. The highest BCUT2D eigenvalue weighted by molar-refractivity contribution is 7.92. The first kappa shape index (κ1) is 13.9. The number of anilines is 1. The third-order valence-corrected chi connectivity index (χ3v) is 5.52. The summed E-state index contributed by atoms with van der Waals surface area (Å²) in [6.07, 6.45) is 4.68. The molecule has 0 bridgehead atoms. The first-order valence-electron chi connectivity index (χ1n) is 7.33. The molecule has 0 unspecified atom stereocenters. The van der Waals surface area contributed by atoms with E-state index < -0.39 is 10.0 Å². The topological polar surface area (TPSA) is 37.4 Å². The zero-order valence-corrected chi connectivity index (χ0v) is 13.5. The molecule has 1 fully saturated rings. The third-order valence-electron chi connectivity index (χ3n) is 4.36. The second-order valence-electron chi connectivity index (χ2n) is 7.14. The van der Waals surface area contributed by atoms with Gasteiger partial charge in [0.25, 0.3) is 0 Å². The smallest absolute Gasteiger partial charge is 0.232 e. The standard InChI is InChI=1S/C16H23NO2S/c1-16(2,3)14-8-7-12(11-5-6-11)13-9-10-17(15(13)14)20(4,18)19/h7-8,11H,5-6,9-10H2,1-4H3. The van der Waals surface area contributed by atoms with Crippen molar-refractivity contribution in [2.75, 3.05) is 17.1 Å². The van der Waals surface area contributed by atoms with Crippen LogP contribution in [0.25, 0.3) is 0 Å². The maximum Gasteiger partial charge on any atom is 0.232 e. The van der Waals surface area contributed by atoms with Crippen molar-refractivity contribution in [2.45, 2.75) is 51.4 Å². The second kappa shape index (κ2) is 4.23. The van der Waals surface area contributed by atoms with E-state index in [-0.39, 0.29) is 5.41 Å². The Morgan fingerprint density at radius 2 is 1.85 bits per heavy atom. The van der Waals surface area contributed by atoms with Crippen LogP contribution in [0.3, 0.4) is 0 Å². The van der Waals surface area contributed by atoms with Crippen molar-refractivity contribution in [3.8, 4) is 0 Å². The van der Waals surface area contributed by atoms with Gasteiger partial charge >= 0.3 is 0 Å². The Kier molecular flexibility index (Phi) is 2.95. The molecular weight excluding hydrogens is 270 g/mol. The Bertz CT molecular complexity index is 652. The van der Waals surface area contributed by atoms with Crippen molar-refractivity contribution in [1.29, 1.82) is 0 Å². The lowest BCUT2D eigenvalue weighted by atomic mass is 9.83. The number of benzene rings is 1. The van der Waals surface area contributed by atoms with Gasteiger partial charge in [0.1, 0.15) is 0 Å². The molecule has 0 amide bonds. The second-order valence-corrected chi connectivity index (χ2v) is 9.05. The van der Waals surface area contributed by atoms with E-state index in [1.54, 1.807) is 4.31 Å². The van der Waals surface area contributed by atoms with Gasteiger partial charge in [-0.25, -0.2) is 8.42 Å². The minimum absolute atomic E-state index is 0.0422. The fourth-order valence-electron chi connectivity index (χ4n) is 3.24. The molecule has 0 saturated heterocycles. The minimum Gasteiger partial charge on any atom is -0.270 e. The lowest BCUT2D eigenvalue weighted by molar-refractivity contribution is 0.586. The fraction of sp³-hybridized carbons (Fsp3) is 0.625. The number of sulfonamides is 1. The van der Waals surface area contributed by atoms with Gasteiger partial charge in [-0.15, -0.1) is 0 Å². The van der Waals surface area contributed by atoms with Crippen LogP contribution in [0.4, 0.5) is 5.69 Å². The molecule has 0 atom stereocenters. The highest BCUT2D eigenvalue weighted by Gasteiger charge is 2.37. The van der Waals surface area contributed by atoms with E-state index >= 15 is 0 Å². The van der Waals surface area contributed by atoms with Crippen molar-refractivity contribution < 1.29 is 8.42 Å². The highest BCUT2D eigenvalue weighted by Crippen LogP contribution is 2.48. The molecule has 0 spiro atoms. The first-order valence-corrected chi connectivity index (χ1v) is 9.18. The molecule has 110 valence electrons. The van der Waals surface area contributed by atoms with Crippen molar-refractivity contribution in [1.82, 2.24) is 0 Å². The summed E-state index contributed by atoms with van der Waals surface area (Å²) in [5.74, 6) is 0.664. The predicted octanol–water partition coefficient (Wildman–Crippen LogP) is 3.18. The largest absolute Gasteiger partial charge is 0.270 e. The molecular formula is C16H23NO2S. The fourth-order valence-corrected chi connectivity index (χ4v) is 4.20. The van der Waals surface area contributed by atoms with Gasteiger partial charge < -0.3 is 0 Å². The van der Waals surface area contributed by atoms with Crippen LogP contribution in [-0.4, -0.2) is 21.2 Å². The van der Waals surface area contributed by atoms with Crippen molar-refractivity contribution in [2.24, 2.45) is 0 Å². The summed E-state index contributed by atoms with van der Waals surface area (Å²) in [5.41, 5.74) is 4.76. The molecule has 0 aromatic heterocycles. The molecule has 0 N–H and O–H groups in total. The van der Waals surface area contributed by atoms with E-state index in [1.165, 1.54) is 30.2 Å². The van der Waals surface area contributed by atoms with Crippen LogP contribution in [0.1, 0.15) is 56.2 Å². The SMILES string of the molecule is CC(C)(C)c1ccc(C2CC2)c2c1N(S(C)(=O)=O)CC2. The summed E-state index contributed by atoms with van der Waals surface area (Å²) in [5, 5.41) is 0. The Hall–Kier alpha value is -1.03. The molecule has 1 aromatic rings. The van der Waals surface area contributed by atoms with E-state index in [9.17, 15) is 8.42 Å². The third kappa shape index (κ3) is 2.24. The molecule has 1 aliphatic carbocycles. The number of fused-ring (bicyclic) bond motifs is 1. The molecule has 2 aliphatic rings. The van der Waals surface area contributed by atoms with Gasteiger partial charge in [-0.2, -0.15) is 0 Å². The summed E-state index contributed by atoms with van der Waals surface area (Å²) in [7, 11) is -3.19. The summed E-state index contributed by atoms with van der Waals surface area (Å²) in [4.78, 5) is 0. The van der Waals surface area contributed by atoms with Gasteiger partial charge in [0, 0.05) is 6.54 Å². The van der Waals surface area contributed by atoms with Gasteiger partial charge in [0.2, 0.25) is 10.0 Å². The molecule has 1 heterocycles. The normalized spacial score (nSPS) is 19.3. The van der Waals surface area contributed by atoms with E-state index in [0.29, 0.717) is 12.5 Å². The van der Waals surface area contributed by atoms with Gasteiger partial charge in [-0.3, -0.25) is 4.31 Å². The van der Waals surface area contributed by atoms with E-state index in [2.05, 4.69) is 32.9 Å². The van der Waals surface area contributed by atoms with Crippen molar-refractivity contribution in [3.63, 3.8) is 0 Å². The monoisotopic (exact) mass is 293 g/mol. The molecule has 1 aromatic carbocycles. The summed E-state index contributed by atoms with van der Waals surface area (Å²) in [6.45, 7) is 7.05. The van der Waals surface area contributed by atoms with E-state index in [0.717, 1.165) is 17.7 Å². The maximum atomic E-state index is 12.1. The van der Waals surface area contributed by atoms with Gasteiger partial charge in [0.05, 0.1) is 11.9 Å². The van der Waals surface area contributed by atoms with Crippen LogP contribution in [-0.2, 0) is 21.9 Å². The molecule has 1 saturated carbocycles. The maximum absolute atomic E-state index is 12.1. The summed E-state index contributed by atoms with van der Waals surface area (Å²) >= 11 is 0. The molecule has 3 rings (SSSR count). The summed E-state index contributed by atoms with van der Waals surface area (Å²) in [6, 6.07) is 4.39. The van der Waals surface area contributed by atoms with Gasteiger partial charge in [-0.1, -0.05) is 32.9 Å². The molecule has 20 heavy (non-hydrogen) atoms. The van der Waals surface area contributed by atoms with Crippen LogP contribution in [0.5, 0.6) is 0 Å². The number of rotatable bonds is 2. The van der Waals surface area contributed by atoms with Gasteiger partial charge in [0.15, 0.2) is 0 Å². The Balaban J connectivity index is 2.23. The average Bonchev–Trinajstić information content (AvgIpc) is 3.02. The zero-order valence-electron chi connectivity index (χ0n) is 12.7. The Labute approximate surface area is 122 Å². The van der Waals surface area contributed by atoms with Crippen molar-refractivity contribution in [3.05, 3.63) is 28.8 Å². The van der Waals surface area contributed by atoms with Crippen LogP contribution < -0.4 is 4.31 Å². The molecule has 1 aliphatic heterocycles. The summed E-state index contributed by atoms with van der Waals surface area (Å²) < 4.78 is 25.8. The lowest BCUT2D eigenvalue weighted by Crippen LogP contribution is -2.30. The minimum atomic E-state index is -3.19. The van der Waals surface area contributed by atoms with Gasteiger partial charge in [-0.05, 0) is 47.3 Å². The number of hydrogen-bond donors (Lipinski definition) is 0. The highest BCUT2D eigenvalue weighted by atomic mass is 32.2. The van der Waals surface area contributed by atoms with Crippen molar-refractivity contribution >= 4 is 15.7 Å². The molecule has 0 radical (unpaired) electrons. The van der Waals surface area contributed by atoms with Crippen LogP contribution in [0.2, 0.25) is 0 Å². The number of nitrogens with zero attached hydrogens (tertiary/aromatic N) is 1. The van der Waals surface area contributed by atoms with Crippen LogP contribution in [0.15, 0.2) is 12.1 Å². The number of hydrogen-bond acceptors (Lipinski definition) is 2. The Morgan fingerprint density at radius 1 is 1.20 bits per heavy atom. The lowest BCUT2D eigenvalue weighted by Gasteiger charge is -2.28.